The number of benzene rings is 2. The highest BCUT2D eigenvalue weighted by Gasteiger charge is 2.68. The van der Waals surface area contributed by atoms with Crippen LogP contribution in [0, 0.1) is 27.6 Å². The van der Waals surface area contributed by atoms with E-state index in [-0.39, 0.29) is 40.3 Å². The van der Waals surface area contributed by atoms with E-state index in [1.165, 1.54) is 11.1 Å². The maximum atomic E-state index is 14.4. The molecule has 57 heavy (non-hydrogen) atoms. The highest BCUT2D eigenvalue weighted by Crippen LogP contribution is 2.59. The molecule has 3 saturated heterocycles. The quantitative estimate of drug-likeness (QED) is 0.298. The smallest absolute Gasteiger partial charge is 0.262 e. The zero-order chi connectivity index (χ0) is 40.6. The number of nitrogens with two attached hydrogens (primary N) is 1. The number of amides is 5. The Morgan fingerprint density at radius 1 is 0.860 bits per heavy atom. The number of primary amides is 1. The summed E-state index contributed by atoms with van der Waals surface area (Å²) in [6, 6.07) is 14.1. The minimum atomic E-state index is -1.11. The first-order chi connectivity index (χ1) is 27.1. The summed E-state index contributed by atoms with van der Waals surface area (Å²) in [4.78, 5) is 78.7. The number of imide groups is 2. The van der Waals surface area contributed by atoms with Gasteiger partial charge in [0.2, 0.25) is 11.8 Å². The molecule has 13 nitrogen and oxygen atoms in total. The number of aromatic nitrogens is 1. The topological polar surface area (TPSA) is 170 Å². The fourth-order valence-electron chi connectivity index (χ4n) is 10.6. The minimum Gasteiger partial charge on any atom is -0.489 e. The SMILES string of the molecule is CC1(C)C(Oc2ccc(C#N)c(Cl)c2)C(C)(C)C1N1C(=O)CCC(N2C(=O)c3ccc(N4CCC5(CC4)CCN(c4ccc(C(N)=O)cn4)CC5)cc3C2=O)C1=O. The van der Waals surface area contributed by atoms with Gasteiger partial charge in [-0.15, -0.1) is 0 Å². The average molecular weight is 792 g/mol. The Morgan fingerprint density at radius 3 is 2.11 bits per heavy atom. The van der Waals surface area contributed by atoms with Gasteiger partial charge in [0.1, 0.15) is 29.8 Å². The third-order valence-electron chi connectivity index (χ3n) is 13.3. The Morgan fingerprint density at radius 2 is 1.51 bits per heavy atom. The number of fused-ring (bicyclic) bond motifs is 1. The standard InChI is InChI=1S/C43H46ClN7O6/c1-41(2)39(42(3,4)40(41)57-28-8-5-25(23-45)31(44)22-28)51-34(52)12-10-32(38(51)56)50-36(54)29-9-7-27(21-30(29)37(50)55)48-17-13-43(14-18-48)15-19-49(20-16-43)33-11-6-26(24-47-33)35(46)53/h5-9,11,21-22,24,32,39-40H,10,12-20H2,1-4H3,(H2,46,53). The van der Waals surface area contributed by atoms with Crippen molar-refractivity contribution in [1.29, 1.82) is 5.26 Å². The van der Waals surface area contributed by atoms with Crippen LogP contribution in [0.15, 0.2) is 54.7 Å². The van der Waals surface area contributed by atoms with Crippen molar-refractivity contribution in [2.45, 2.75) is 84.4 Å². The summed E-state index contributed by atoms with van der Waals surface area (Å²) in [7, 11) is 0. The molecule has 296 valence electrons. The summed E-state index contributed by atoms with van der Waals surface area (Å²) in [5.74, 6) is -1.13. The van der Waals surface area contributed by atoms with E-state index in [1.807, 2.05) is 45.9 Å². The maximum Gasteiger partial charge on any atom is 0.262 e. The van der Waals surface area contributed by atoms with Gasteiger partial charge in [0, 0.05) is 61.4 Å². The minimum absolute atomic E-state index is 0.0137. The number of anilines is 2. The summed E-state index contributed by atoms with van der Waals surface area (Å²) in [6.07, 6.45) is 5.20. The second-order valence-electron chi connectivity index (χ2n) is 17.4. The number of ether oxygens (including phenoxy) is 1. The van der Waals surface area contributed by atoms with Gasteiger partial charge < -0.3 is 20.3 Å². The molecule has 14 heteroatoms. The van der Waals surface area contributed by atoms with E-state index >= 15 is 0 Å². The Labute approximate surface area is 336 Å². The van der Waals surface area contributed by atoms with Crippen molar-refractivity contribution in [3.05, 3.63) is 82.0 Å². The predicted molar refractivity (Wildman–Crippen MR) is 212 cm³/mol. The molecule has 1 unspecified atom stereocenters. The first-order valence-electron chi connectivity index (χ1n) is 19.6. The van der Waals surface area contributed by atoms with Crippen LogP contribution in [0.25, 0.3) is 0 Å². The molecular weight excluding hydrogens is 746 g/mol. The maximum absolute atomic E-state index is 14.4. The van der Waals surface area contributed by atoms with Crippen LogP contribution in [-0.2, 0) is 9.59 Å². The van der Waals surface area contributed by atoms with E-state index in [2.05, 4.69) is 14.8 Å². The van der Waals surface area contributed by atoms with E-state index in [0.717, 1.165) is 68.3 Å². The molecule has 5 aliphatic rings. The number of rotatable bonds is 7. The van der Waals surface area contributed by atoms with Crippen molar-refractivity contribution in [2.24, 2.45) is 22.0 Å². The number of carbonyl (C=O) groups excluding carboxylic acids is 5. The van der Waals surface area contributed by atoms with Gasteiger partial charge in [-0.05, 0) is 80.0 Å². The van der Waals surface area contributed by atoms with Crippen LogP contribution in [0.2, 0.25) is 5.02 Å². The molecule has 1 aromatic heterocycles. The van der Waals surface area contributed by atoms with E-state index < -0.39 is 52.6 Å². The largest absolute Gasteiger partial charge is 0.489 e. The Balaban J connectivity index is 0.930. The lowest BCUT2D eigenvalue weighted by atomic mass is 9.48. The molecule has 1 saturated carbocycles. The molecule has 5 amide bonds. The fraction of sp³-hybridized carbons (Fsp3) is 0.465. The molecule has 0 bridgehead atoms. The molecule has 1 aliphatic carbocycles. The number of nitriles is 1. The van der Waals surface area contributed by atoms with Gasteiger partial charge in [0.25, 0.3) is 17.7 Å². The number of hydrogen-bond acceptors (Lipinski definition) is 10. The monoisotopic (exact) mass is 791 g/mol. The highest BCUT2D eigenvalue weighted by molar-refractivity contribution is 6.31. The van der Waals surface area contributed by atoms with Crippen molar-refractivity contribution in [3.8, 4) is 11.8 Å². The van der Waals surface area contributed by atoms with Gasteiger partial charge in [-0.1, -0.05) is 39.3 Å². The summed E-state index contributed by atoms with van der Waals surface area (Å²) < 4.78 is 6.40. The number of piperidine rings is 3. The van der Waals surface area contributed by atoms with Crippen molar-refractivity contribution in [2.75, 3.05) is 36.0 Å². The summed E-state index contributed by atoms with van der Waals surface area (Å²) in [5.41, 5.74) is 6.30. The van der Waals surface area contributed by atoms with Crippen LogP contribution in [0.3, 0.4) is 0 Å². The molecule has 8 rings (SSSR count). The molecule has 1 spiro atoms. The second-order valence-corrected chi connectivity index (χ2v) is 17.8. The third kappa shape index (κ3) is 6.29. The Hall–Kier alpha value is -5.48. The summed E-state index contributed by atoms with van der Waals surface area (Å²) in [5, 5.41) is 9.54. The average Bonchev–Trinajstić information content (AvgIpc) is 3.43. The fourth-order valence-corrected chi connectivity index (χ4v) is 10.8. The molecule has 1 atom stereocenters. The number of likely N-dealkylation sites (tertiary alicyclic amines) is 1. The van der Waals surface area contributed by atoms with Crippen molar-refractivity contribution in [1.82, 2.24) is 14.8 Å². The lowest BCUT2D eigenvalue weighted by Crippen LogP contribution is -2.77. The van der Waals surface area contributed by atoms with Crippen LogP contribution in [0.5, 0.6) is 5.75 Å². The van der Waals surface area contributed by atoms with Gasteiger partial charge >= 0.3 is 0 Å². The number of pyridine rings is 1. The molecule has 0 radical (unpaired) electrons. The Kier molecular flexibility index (Phi) is 9.34. The first-order valence-corrected chi connectivity index (χ1v) is 19.9. The first kappa shape index (κ1) is 38.4. The van der Waals surface area contributed by atoms with Crippen LogP contribution in [-0.4, -0.2) is 88.7 Å². The molecule has 2 aromatic carbocycles. The molecule has 2 N–H and O–H groups in total. The summed E-state index contributed by atoms with van der Waals surface area (Å²) >= 11 is 6.27. The van der Waals surface area contributed by atoms with Crippen molar-refractivity contribution >= 4 is 52.6 Å². The number of carbonyl (C=O) groups is 5. The number of halogens is 1. The van der Waals surface area contributed by atoms with Gasteiger partial charge in [0.05, 0.1) is 33.3 Å². The van der Waals surface area contributed by atoms with E-state index in [1.54, 1.807) is 36.4 Å². The molecule has 4 fully saturated rings. The number of nitrogens with zero attached hydrogens (tertiary/aromatic N) is 6. The normalized spacial score (nSPS) is 24.9. The van der Waals surface area contributed by atoms with Crippen molar-refractivity contribution in [3.63, 3.8) is 0 Å². The van der Waals surface area contributed by atoms with Gasteiger partial charge in [-0.3, -0.25) is 33.8 Å². The zero-order valence-corrected chi connectivity index (χ0v) is 33.3. The molecular formula is C43H46ClN7O6. The molecule has 5 heterocycles. The number of hydrogen-bond donors (Lipinski definition) is 1. The van der Waals surface area contributed by atoms with Crippen LogP contribution >= 0.6 is 11.6 Å². The third-order valence-corrected chi connectivity index (χ3v) is 13.7. The van der Waals surface area contributed by atoms with Gasteiger partial charge in [0.15, 0.2) is 0 Å². The molecule has 4 aliphatic heterocycles. The van der Waals surface area contributed by atoms with E-state index in [4.69, 9.17) is 22.1 Å². The Bertz CT molecular complexity index is 2220. The highest BCUT2D eigenvalue weighted by atomic mass is 35.5. The van der Waals surface area contributed by atoms with Crippen LogP contribution in [0.1, 0.15) is 103 Å². The van der Waals surface area contributed by atoms with Crippen LogP contribution < -0.4 is 20.3 Å². The van der Waals surface area contributed by atoms with Gasteiger partial charge in [-0.2, -0.15) is 5.26 Å². The second kappa shape index (κ2) is 13.9. The predicted octanol–water partition coefficient (Wildman–Crippen LogP) is 5.59. The lowest BCUT2D eigenvalue weighted by Gasteiger charge is -2.65. The van der Waals surface area contributed by atoms with Gasteiger partial charge in [-0.25, -0.2) is 4.98 Å². The summed E-state index contributed by atoms with van der Waals surface area (Å²) in [6.45, 7) is 11.1. The van der Waals surface area contributed by atoms with Crippen LogP contribution in [0.4, 0.5) is 11.5 Å². The van der Waals surface area contributed by atoms with E-state index in [0.29, 0.717) is 16.9 Å². The van der Waals surface area contributed by atoms with E-state index in [9.17, 15) is 29.2 Å². The lowest BCUT2D eigenvalue weighted by molar-refractivity contribution is -0.216. The zero-order valence-electron chi connectivity index (χ0n) is 32.6. The van der Waals surface area contributed by atoms with Crippen molar-refractivity contribution < 1.29 is 28.7 Å². The molecule has 3 aromatic rings.